The van der Waals surface area contributed by atoms with Crippen LogP contribution in [-0.4, -0.2) is 39.4 Å². The van der Waals surface area contributed by atoms with Crippen LogP contribution in [0.1, 0.15) is 44.1 Å². The summed E-state index contributed by atoms with van der Waals surface area (Å²) < 4.78 is 7.69. The molecule has 1 spiro atoms. The molecule has 1 saturated heterocycles. The van der Waals surface area contributed by atoms with Crippen molar-refractivity contribution in [3.8, 4) is 5.13 Å². The summed E-state index contributed by atoms with van der Waals surface area (Å²) in [5.74, 6) is -0.258. The summed E-state index contributed by atoms with van der Waals surface area (Å²) in [7, 11) is 0. The molecule has 1 aromatic carbocycles. The van der Waals surface area contributed by atoms with E-state index in [9.17, 15) is 9.59 Å². The van der Waals surface area contributed by atoms with Crippen LogP contribution in [0.15, 0.2) is 48.8 Å². The lowest BCUT2D eigenvalue weighted by molar-refractivity contribution is -0.0389. The third kappa shape index (κ3) is 2.57. The minimum Gasteiger partial charge on any atom is -0.450 e. The van der Waals surface area contributed by atoms with Crippen molar-refractivity contribution in [3.05, 3.63) is 70.5 Å². The largest absolute Gasteiger partial charge is 0.450 e. The molecule has 0 unspecified atom stereocenters. The number of benzene rings is 1. The molecule has 2 aromatic heterocycles. The number of piperidine rings is 1. The van der Waals surface area contributed by atoms with E-state index in [2.05, 4.69) is 4.98 Å². The predicted octanol–water partition coefficient (Wildman–Crippen LogP) is 3.54. The van der Waals surface area contributed by atoms with Crippen molar-refractivity contribution < 1.29 is 14.3 Å². The van der Waals surface area contributed by atoms with E-state index in [0.717, 1.165) is 16.4 Å². The van der Waals surface area contributed by atoms with E-state index in [0.29, 0.717) is 36.4 Å². The number of ether oxygens (including phenoxy) is 1. The monoisotopic (exact) mass is 393 g/mol. The van der Waals surface area contributed by atoms with Crippen molar-refractivity contribution in [2.24, 2.45) is 0 Å². The van der Waals surface area contributed by atoms with E-state index in [-0.39, 0.29) is 11.9 Å². The van der Waals surface area contributed by atoms with E-state index in [1.807, 2.05) is 65.2 Å². The van der Waals surface area contributed by atoms with Gasteiger partial charge in [0, 0.05) is 43.9 Å². The summed E-state index contributed by atoms with van der Waals surface area (Å²) in [5.41, 5.74) is 1.76. The third-order valence-corrected chi connectivity index (χ3v) is 6.75. The topological polar surface area (TPSA) is 64.4 Å². The Morgan fingerprint density at radius 1 is 1.14 bits per heavy atom. The van der Waals surface area contributed by atoms with Crippen molar-refractivity contribution in [1.29, 1.82) is 0 Å². The first-order valence-corrected chi connectivity index (χ1v) is 10.1. The summed E-state index contributed by atoms with van der Waals surface area (Å²) in [6.45, 7) is 2.98. The minimum absolute atomic E-state index is 0.000801. The van der Waals surface area contributed by atoms with E-state index >= 15 is 0 Å². The molecule has 5 rings (SSSR count). The lowest BCUT2D eigenvalue weighted by atomic mass is 9.84. The SMILES string of the molecule is Cc1nc(-n2cccc2)sc1C(=O)N1CCC2(CC1)OC(=O)c1ccccc12. The number of amides is 1. The maximum Gasteiger partial charge on any atom is 0.339 e. The molecule has 6 nitrogen and oxygen atoms in total. The van der Waals surface area contributed by atoms with Crippen LogP contribution in [0.2, 0.25) is 0 Å². The van der Waals surface area contributed by atoms with Gasteiger partial charge >= 0.3 is 5.97 Å². The number of esters is 1. The van der Waals surface area contributed by atoms with Gasteiger partial charge in [0.05, 0.1) is 11.3 Å². The van der Waals surface area contributed by atoms with E-state index in [1.54, 1.807) is 0 Å². The zero-order valence-corrected chi connectivity index (χ0v) is 16.2. The van der Waals surface area contributed by atoms with Gasteiger partial charge in [0.15, 0.2) is 5.13 Å². The number of carbonyl (C=O) groups is 2. The van der Waals surface area contributed by atoms with Crippen LogP contribution >= 0.6 is 11.3 Å². The highest BCUT2D eigenvalue weighted by atomic mass is 32.1. The second-order valence-electron chi connectivity index (χ2n) is 7.22. The summed E-state index contributed by atoms with van der Waals surface area (Å²) >= 11 is 1.41. The van der Waals surface area contributed by atoms with Crippen LogP contribution in [0.25, 0.3) is 5.13 Å². The second kappa shape index (κ2) is 6.31. The average molecular weight is 393 g/mol. The molecule has 0 radical (unpaired) electrons. The van der Waals surface area contributed by atoms with Gasteiger partial charge in [0.1, 0.15) is 10.5 Å². The van der Waals surface area contributed by atoms with Crippen molar-refractivity contribution >= 4 is 23.2 Å². The number of likely N-dealkylation sites (tertiary alicyclic amines) is 1. The normalized spacial score (nSPS) is 17.6. The van der Waals surface area contributed by atoms with Gasteiger partial charge in [0.25, 0.3) is 5.91 Å². The number of aryl methyl sites for hydroxylation is 1. The molecular formula is C21H19N3O3S. The number of hydrogen-bond donors (Lipinski definition) is 0. The van der Waals surface area contributed by atoms with Crippen molar-refractivity contribution in [3.63, 3.8) is 0 Å². The minimum atomic E-state index is -0.594. The Morgan fingerprint density at radius 2 is 1.86 bits per heavy atom. The molecule has 0 bridgehead atoms. The zero-order chi connectivity index (χ0) is 19.3. The third-order valence-electron chi connectivity index (χ3n) is 5.59. The molecular weight excluding hydrogens is 374 g/mol. The zero-order valence-electron chi connectivity index (χ0n) is 15.4. The smallest absolute Gasteiger partial charge is 0.339 e. The van der Waals surface area contributed by atoms with Crippen LogP contribution in [0.5, 0.6) is 0 Å². The summed E-state index contributed by atoms with van der Waals surface area (Å²) in [4.78, 5) is 32.4. The Hall–Kier alpha value is -2.93. The first kappa shape index (κ1) is 17.2. The number of thiazole rings is 1. The number of hydrogen-bond acceptors (Lipinski definition) is 5. The molecule has 3 aromatic rings. The Labute approximate surface area is 166 Å². The van der Waals surface area contributed by atoms with Gasteiger partial charge in [-0.2, -0.15) is 0 Å². The van der Waals surface area contributed by atoms with Crippen LogP contribution in [0, 0.1) is 6.92 Å². The van der Waals surface area contributed by atoms with Gasteiger partial charge in [-0.25, -0.2) is 9.78 Å². The number of nitrogens with zero attached hydrogens (tertiary/aromatic N) is 3. The first-order valence-electron chi connectivity index (χ1n) is 9.30. The van der Waals surface area contributed by atoms with E-state index in [4.69, 9.17) is 4.74 Å². The Balaban J connectivity index is 1.36. The highest BCUT2D eigenvalue weighted by molar-refractivity contribution is 7.16. The van der Waals surface area contributed by atoms with E-state index < -0.39 is 5.60 Å². The van der Waals surface area contributed by atoms with Gasteiger partial charge in [0.2, 0.25) is 0 Å². The highest BCUT2D eigenvalue weighted by Crippen LogP contribution is 2.44. The molecule has 0 saturated carbocycles. The average Bonchev–Trinajstić information content (AvgIpc) is 3.42. The molecule has 0 aliphatic carbocycles. The molecule has 0 N–H and O–H groups in total. The second-order valence-corrected chi connectivity index (χ2v) is 8.20. The molecule has 4 heterocycles. The van der Waals surface area contributed by atoms with Crippen molar-refractivity contribution in [1.82, 2.24) is 14.5 Å². The Bertz CT molecular complexity index is 1060. The summed E-state index contributed by atoms with van der Waals surface area (Å²) in [6, 6.07) is 11.4. The summed E-state index contributed by atoms with van der Waals surface area (Å²) in [6.07, 6.45) is 5.07. The Morgan fingerprint density at radius 3 is 2.61 bits per heavy atom. The quantitative estimate of drug-likeness (QED) is 0.625. The van der Waals surface area contributed by atoms with Gasteiger partial charge in [-0.1, -0.05) is 29.5 Å². The van der Waals surface area contributed by atoms with Crippen molar-refractivity contribution in [2.75, 3.05) is 13.1 Å². The molecule has 0 atom stereocenters. The number of rotatable bonds is 2. The number of carbonyl (C=O) groups excluding carboxylic acids is 2. The van der Waals surface area contributed by atoms with Crippen LogP contribution in [0.4, 0.5) is 0 Å². The molecule has 1 fully saturated rings. The first-order chi connectivity index (χ1) is 13.6. The molecule has 7 heteroatoms. The van der Waals surface area contributed by atoms with Crippen LogP contribution < -0.4 is 0 Å². The van der Waals surface area contributed by atoms with Gasteiger partial charge in [-0.15, -0.1) is 0 Å². The van der Waals surface area contributed by atoms with Gasteiger partial charge in [-0.05, 0) is 25.1 Å². The van der Waals surface area contributed by atoms with Crippen LogP contribution in [0.3, 0.4) is 0 Å². The fourth-order valence-corrected chi connectivity index (χ4v) is 5.09. The molecule has 1 amide bonds. The molecule has 2 aliphatic heterocycles. The fraction of sp³-hybridized carbons (Fsp3) is 0.286. The number of aromatic nitrogens is 2. The lowest BCUT2D eigenvalue weighted by Gasteiger charge is -2.38. The van der Waals surface area contributed by atoms with E-state index in [1.165, 1.54) is 11.3 Å². The Kier molecular flexibility index (Phi) is 3.87. The summed E-state index contributed by atoms with van der Waals surface area (Å²) in [5, 5.41) is 0.790. The van der Waals surface area contributed by atoms with Gasteiger partial charge in [-0.3, -0.25) is 4.79 Å². The van der Waals surface area contributed by atoms with Crippen molar-refractivity contribution in [2.45, 2.75) is 25.4 Å². The highest BCUT2D eigenvalue weighted by Gasteiger charge is 2.47. The standard InChI is InChI=1S/C21H19N3O3S/c1-14-17(28-20(22-14)24-10-4-5-11-24)18(25)23-12-8-21(9-13-23)16-7-3-2-6-15(16)19(26)27-21/h2-7,10-11H,8-9,12-13H2,1H3. The maximum atomic E-state index is 13.1. The molecule has 28 heavy (non-hydrogen) atoms. The lowest BCUT2D eigenvalue weighted by Crippen LogP contribution is -2.45. The fourth-order valence-electron chi connectivity index (χ4n) is 4.08. The molecule has 142 valence electrons. The molecule has 2 aliphatic rings. The van der Waals surface area contributed by atoms with Crippen LogP contribution in [-0.2, 0) is 10.3 Å². The number of fused-ring (bicyclic) bond motifs is 2. The van der Waals surface area contributed by atoms with Gasteiger partial charge < -0.3 is 14.2 Å². The maximum absolute atomic E-state index is 13.1. The predicted molar refractivity (Wildman–Crippen MR) is 105 cm³/mol.